The molecule has 0 aliphatic carbocycles. The van der Waals surface area contributed by atoms with Gasteiger partial charge in [-0.05, 0) is 28.3 Å². The van der Waals surface area contributed by atoms with Gasteiger partial charge in [0.15, 0.2) is 0 Å². The Hall–Kier alpha value is -0.000000000000000111. The van der Waals surface area contributed by atoms with Crippen molar-refractivity contribution in [1.82, 2.24) is 0 Å². The molecule has 0 radical (unpaired) electrons. The van der Waals surface area contributed by atoms with Crippen molar-refractivity contribution >= 4 is 45.0 Å². The van der Waals surface area contributed by atoms with E-state index < -0.39 is 5.97 Å². The summed E-state index contributed by atoms with van der Waals surface area (Å²) in [5, 5.41) is 8.69. The van der Waals surface area contributed by atoms with E-state index in [-0.39, 0.29) is 0 Å². The van der Waals surface area contributed by atoms with Crippen LogP contribution >= 0.6 is 39.0 Å². The Bertz CT molecular complexity index is 282. The van der Waals surface area contributed by atoms with Gasteiger partial charge in [0, 0.05) is 4.90 Å². The van der Waals surface area contributed by atoms with E-state index in [1.807, 2.05) is 12.3 Å². The van der Waals surface area contributed by atoms with Crippen LogP contribution in [0.1, 0.15) is 9.67 Å². The molecule has 60 valence electrons. The van der Waals surface area contributed by atoms with Gasteiger partial charge >= 0.3 is 5.97 Å². The van der Waals surface area contributed by atoms with Crippen LogP contribution in [0.4, 0.5) is 0 Å². The zero-order chi connectivity index (χ0) is 8.43. The number of hydrogen-bond donors (Lipinski definition) is 1. The molecule has 0 aliphatic rings. The van der Waals surface area contributed by atoms with E-state index in [1.165, 1.54) is 23.1 Å². The van der Waals surface area contributed by atoms with Crippen LogP contribution in [0.25, 0.3) is 0 Å². The first-order valence-electron chi connectivity index (χ1n) is 2.71. The van der Waals surface area contributed by atoms with Crippen molar-refractivity contribution < 1.29 is 9.90 Å². The molecular weight excluding hydrogens is 248 g/mol. The van der Waals surface area contributed by atoms with Crippen LogP contribution in [0.2, 0.25) is 0 Å². The van der Waals surface area contributed by atoms with Gasteiger partial charge in [-0.2, -0.15) is 0 Å². The molecule has 0 spiro atoms. The predicted octanol–water partition coefficient (Wildman–Crippen LogP) is 2.93. The van der Waals surface area contributed by atoms with Crippen molar-refractivity contribution in [3.63, 3.8) is 0 Å². The van der Waals surface area contributed by atoms with Gasteiger partial charge in [-0.25, -0.2) is 4.79 Å². The van der Waals surface area contributed by atoms with E-state index >= 15 is 0 Å². The molecule has 0 saturated heterocycles. The minimum atomic E-state index is -0.856. The molecule has 0 bridgehead atoms. The molecular formula is C6H5BrO2S2. The smallest absolute Gasteiger partial charge is 0.347 e. The third-order valence-corrected chi connectivity index (χ3v) is 3.60. The monoisotopic (exact) mass is 252 g/mol. The summed E-state index contributed by atoms with van der Waals surface area (Å²) in [6.07, 6.45) is 1.86. The fourth-order valence-corrected chi connectivity index (χ4v) is 3.09. The van der Waals surface area contributed by atoms with Gasteiger partial charge in [-0.3, -0.25) is 0 Å². The Morgan fingerprint density at radius 2 is 2.45 bits per heavy atom. The normalized spacial score (nSPS) is 10.0. The molecule has 0 fully saturated rings. The Kier molecular flexibility index (Phi) is 2.98. The van der Waals surface area contributed by atoms with Crippen LogP contribution in [-0.4, -0.2) is 17.3 Å². The second-order valence-corrected chi connectivity index (χ2v) is 5.03. The first kappa shape index (κ1) is 9.09. The molecule has 1 aromatic rings. The fraction of sp³-hybridized carbons (Fsp3) is 0.167. The van der Waals surface area contributed by atoms with E-state index in [9.17, 15) is 4.79 Å². The van der Waals surface area contributed by atoms with E-state index in [4.69, 9.17) is 5.11 Å². The van der Waals surface area contributed by atoms with Crippen molar-refractivity contribution in [2.75, 3.05) is 6.26 Å². The zero-order valence-corrected chi connectivity index (χ0v) is 8.85. The van der Waals surface area contributed by atoms with E-state index in [0.29, 0.717) is 4.88 Å². The summed E-state index contributed by atoms with van der Waals surface area (Å²) in [5.41, 5.74) is 0. The van der Waals surface area contributed by atoms with Gasteiger partial charge < -0.3 is 5.11 Å². The van der Waals surface area contributed by atoms with Crippen molar-refractivity contribution in [2.45, 2.75) is 4.90 Å². The molecule has 1 N–H and O–H groups in total. The maximum atomic E-state index is 10.6. The SMILES string of the molecule is CSc1cc(Br)sc1C(=O)O. The lowest BCUT2D eigenvalue weighted by molar-refractivity contribution is 0.0699. The Balaban J connectivity index is 3.12. The third-order valence-electron chi connectivity index (χ3n) is 1.08. The van der Waals surface area contributed by atoms with Gasteiger partial charge in [0.05, 0.1) is 3.79 Å². The molecule has 0 unspecified atom stereocenters. The molecule has 1 rings (SSSR count). The highest BCUT2D eigenvalue weighted by molar-refractivity contribution is 9.11. The van der Waals surface area contributed by atoms with Crippen LogP contribution < -0.4 is 0 Å². The minimum Gasteiger partial charge on any atom is -0.477 e. The second-order valence-electron chi connectivity index (χ2n) is 1.75. The number of thioether (sulfide) groups is 1. The summed E-state index contributed by atoms with van der Waals surface area (Å²) in [5.74, 6) is -0.856. The van der Waals surface area contributed by atoms with Crippen LogP contribution in [0.15, 0.2) is 14.7 Å². The summed E-state index contributed by atoms with van der Waals surface area (Å²) in [6, 6.07) is 1.82. The molecule has 5 heteroatoms. The number of carboxylic acid groups (broad SMARTS) is 1. The molecule has 0 amide bonds. The number of carboxylic acids is 1. The maximum Gasteiger partial charge on any atom is 0.347 e. The maximum absolute atomic E-state index is 10.6. The first-order valence-corrected chi connectivity index (χ1v) is 5.55. The van der Waals surface area contributed by atoms with E-state index in [1.54, 1.807) is 0 Å². The van der Waals surface area contributed by atoms with Crippen LogP contribution in [0.5, 0.6) is 0 Å². The van der Waals surface area contributed by atoms with Gasteiger partial charge in [-0.15, -0.1) is 23.1 Å². The average molecular weight is 253 g/mol. The van der Waals surface area contributed by atoms with E-state index in [0.717, 1.165) is 8.68 Å². The van der Waals surface area contributed by atoms with Gasteiger partial charge in [-0.1, -0.05) is 0 Å². The largest absolute Gasteiger partial charge is 0.477 e. The summed E-state index contributed by atoms with van der Waals surface area (Å²) < 4.78 is 0.860. The highest BCUT2D eigenvalue weighted by Crippen LogP contribution is 2.32. The molecule has 0 saturated carbocycles. The second kappa shape index (κ2) is 3.60. The summed E-state index contributed by atoms with van der Waals surface area (Å²) in [7, 11) is 0. The zero-order valence-electron chi connectivity index (χ0n) is 5.63. The molecule has 1 aromatic heterocycles. The van der Waals surface area contributed by atoms with Gasteiger partial charge in [0.2, 0.25) is 0 Å². The fourth-order valence-electron chi connectivity index (χ4n) is 0.647. The van der Waals surface area contributed by atoms with Gasteiger partial charge in [0.1, 0.15) is 4.88 Å². The van der Waals surface area contributed by atoms with Crippen LogP contribution in [-0.2, 0) is 0 Å². The molecule has 0 atom stereocenters. The number of carbonyl (C=O) groups is 1. The van der Waals surface area contributed by atoms with Crippen LogP contribution in [0.3, 0.4) is 0 Å². The lowest BCUT2D eigenvalue weighted by Gasteiger charge is -1.90. The molecule has 1 heterocycles. The summed E-state index contributed by atoms with van der Waals surface area (Å²) in [4.78, 5) is 11.8. The quantitative estimate of drug-likeness (QED) is 0.823. The molecule has 2 nitrogen and oxygen atoms in total. The average Bonchev–Trinajstić information content (AvgIpc) is 2.30. The Labute approximate surface area is 80.7 Å². The number of hydrogen-bond acceptors (Lipinski definition) is 3. The lowest BCUT2D eigenvalue weighted by atomic mass is 10.5. The molecule has 0 aliphatic heterocycles. The van der Waals surface area contributed by atoms with Crippen molar-refractivity contribution in [3.8, 4) is 0 Å². The topological polar surface area (TPSA) is 37.3 Å². The highest BCUT2D eigenvalue weighted by Gasteiger charge is 2.12. The number of thiophene rings is 1. The highest BCUT2D eigenvalue weighted by atomic mass is 79.9. The van der Waals surface area contributed by atoms with Crippen molar-refractivity contribution in [2.24, 2.45) is 0 Å². The van der Waals surface area contributed by atoms with Gasteiger partial charge in [0.25, 0.3) is 0 Å². The Morgan fingerprint density at radius 1 is 1.82 bits per heavy atom. The first-order chi connectivity index (χ1) is 5.15. The lowest BCUT2D eigenvalue weighted by Crippen LogP contribution is -1.92. The third kappa shape index (κ3) is 1.98. The van der Waals surface area contributed by atoms with E-state index in [2.05, 4.69) is 15.9 Å². The van der Waals surface area contributed by atoms with Crippen molar-refractivity contribution in [1.29, 1.82) is 0 Å². The predicted molar refractivity (Wildman–Crippen MR) is 50.8 cm³/mol. The summed E-state index contributed by atoms with van der Waals surface area (Å²) in [6.45, 7) is 0. The standard InChI is InChI=1S/C6H5BrO2S2/c1-10-3-2-4(7)11-5(3)6(8)9/h2H,1H3,(H,8,9). The molecule has 11 heavy (non-hydrogen) atoms. The molecule has 0 aromatic carbocycles. The Morgan fingerprint density at radius 3 is 2.82 bits per heavy atom. The van der Waals surface area contributed by atoms with Crippen molar-refractivity contribution in [3.05, 3.63) is 14.7 Å². The number of halogens is 1. The minimum absolute atomic E-state index is 0.407. The number of aromatic carboxylic acids is 1. The summed E-state index contributed by atoms with van der Waals surface area (Å²) >= 11 is 5.92. The van der Waals surface area contributed by atoms with Crippen LogP contribution in [0, 0.1) is 0 Å². The number of rotatable bonds is 2.